The second-order valence-corrected chi connectivity index (χ2v) is 5.24. The molecule has 0 saturated carbocycles. The SMILES string of the molecule is CC1CCC(CN2CCC3(C2)OCCO3)O1. The average molecular weight is 227 g/mol. The first-order chi connectivity index (χ1) is 7.76. The molecule has 3 aliphatic heterocycles. The van der Waals surface area contributed by atoms with Crippen molar-refractivity contribution >= 4 is 0 Å². The van der Waals surface area contributed by atoms with Gasteiger partial charge >= 0.3 is 0 Å². The zero-order chi connectivity index (χ0) is 11.0. The second kappa shape index (κ2) is 4.26. The van der Waals surface area contributed by atoms with E-state index in [0.717, 1.165) is 39.3 Å². The maximum atomic E-state index is 5.85. The molecule has 2 atom stereocenters. The normalized spacial score (nSPS) is 38.8. The minimum atomic E-state index is -0.274. The fourth-order valence-corrected chi connectivity index (χ4v) is 3.02. The van der Waals surface area contributed by atoms with Crippen molar-refractivity contribution in [1.29, 1.82) is 0 Å². The van der Waals surface area contributed by atoms with E-state index in [2.05, 4.69) is 11.8 Å². The Hall–Kier alpha value is -0.160. The van der Waals surface area contributed by atoms with Crippen molar-refractivity contribution in [3.05, 3.63) is 0 Å². The van der Waals surface area contributed by atoms with E-state index in [4.69, 9.17) is 14.2 Å². The lowest BCUT2D eigenvalue weighted by atomic mass is 10.2. The highest BCUT2D eigenvalue weighted by Crippen LogP contribution is 2.31. The minimum Gasteiger partial charge on any atom is -0.374 e. The van der Waals surface area contributed by atoms with E-state index in [1.165, 1.54) is 12.8 Å². The lowest BCUT2D eigenvalue weighted by Gasteiger charge is -2.24. The zero-order valence-corrected chi connectivity index (χ0v) is 9.98. The molecule has 0 amide bonds. The van der Waals surface area contributed by atoms with Gasteiger partial charge in [-0.15, -0.1) is 0 Å². The van der Waals surface area contributed by atoms with Gasteiger partial charge in [0.2, 0.25) is 0 Å². The van der Waals surface area contributed by atoms with E-state index in [0.29, 0.717) is 12.2 Å². The maximum absolute atomic E-state index is 5.85. The second-order valence-electron chi connectivity index (χ2n) is 5.24. The topological polar surface area (TPSA) is 30.9 Å². The molecule has 0 aromatic heterocycles. The van der Waals surface area contributed by atoms with Crippen LogP contribution in [0.3, 0.4) is 0 Å². The van der Waals surface area contributed by atoms with Crippen LogP contribution in [0.25, 0.3) is 0 Å². The van der Waals surface area contributed by atoms with Crippen LogP contribution in [-0.4, -0.2) is 55.7 Å². The highest BCUT2D eigenvalue weighted by molar-refractivity contribution is 4.88. The first-order valence-corrected chi connectivity index (χ1v) is 6.41. The summed E-state index contributed by atoms with van der Waals surface area (Å²) >= 11 is 0. The van der Waals surface area contributed by atoms with Gasteiger partial charge in [0, 0.05) is 19.5 Å². The Balaban J connectivity index is 1.50. The fraction of sp³-hybridized carbons (Fsp3) is 1.00. The molecule has 3 saturated heterocycles. The quantitative estimate of drug-likeness (QED) is 0.704. The van der Waals surface area contributed by atoms with Gasteiger partial charge in [0.15, 0.2) is 5.79 Å². The smallest absolute Gasteiger partial charge is 0.182 e. The highest BCUT2D eigenvalue weighted by Gasteiger charge is 2.43. The predicted molar refractivity (Wildman–Crippen MR) is 59.3 cm³/mol. The van der Waals surface area contributed by atoms with E-state index in [1.807, 2.05) is 0 Å². The van der Waals surface area contributed by atoms with Crippen molar-refractivity contribution in [1.82, 2.24) is 4.90 Å². The van der Waals surface area contributed by atoms with E-state index >= 15 is 0 Å². The average Bonchev–Trinajstić information content (AvgIpc) is 2.94. The summed E-state index contributed by atoms with van der Waals surface area (Å²) in [5.74, 6) is -0.274. The van der Waals surface area contributed by atoms with Crippen molar-refractivity contribution < 1.29 is 14.2 Å². The van der Waals surface area contributed by atoms with Gasteiger partial charge in [-0.1, -0.05) is 0 Å². The zero-order valence-electron chi connectivity index (χ0n) is 9.98. The molecule has 3 rings (SSSR count). The molecular weight excluding hydrogens is 206 g/mol. The van der Waals surface area contributed by atoms with Crippen LogP contribution in [0.2, 0.25) is 0 Å². The van der Waals surface area contributed by atoms with Crippen LogP contribution in [0.5, 0.6) is 0 Å². The summed E-state index contributed by atoms with van der Waals surface area (Å²) in [5, 5.41) is 0. The summed E-state index contributed by atoms with van der Waals surface area (Å²) in [4.78, 5) is 2.42. The van der Waals surface area contributed by atoms with Gasteiger partial charge in [-0.25, -0.2) is 0 Å². The van der Waals surface area contributed by atoms with Gasteiger partial charge in [0.1, 0.15) is 0 Å². The van der Waals surface area contributed by atoms with E-state index in [9.17, 15) is 0 Å². The Morgan fingerprint density at radius 2 is 2.06 bits per heavy atom. The summed E-state index contributed by atoms with van der Waals surface area (Å²) in [6.45, 7) is 6.71. The summed E-state index contributed by atoms with van der Waals surface area (Å²) in [7, 11) is 0. The first kappa shape index (κ1) is 11.0. The summed E-state index contributed by atoms with van der Waals surface area (Å²) in [6.07, 6.45) is 4.28. The molecule has 4 nitrogen and oxygen atoms in total. The number of rotatable bonds is 2. The van der Waals surface area contributed by atoms with Crippen LogP contribution in [0, 0.1) is 0 Å². The summed E-state index contributed by atoms with van der Waals surface area (Å²) < 4.78 is 17.3. The number of hydrogen-bond donors (Lipinski definition) is 0. The standard InChI is InChI=1S/C12H21NO3/c1-10-2-3-11(16-10)8-13-5-4-12(9-13)14-6-7-15-12/h10-11H,2-9H2,1H3. The molecule has 0 aliphatic carbocycles. The van der Waals surface area contributed by atoms with Crippen molar-refractivity contribution in [2.24, 2.45) is 0 Å². The molecule has 2 unspecified atom stereocenters. The molecular formula is C12H21NO3. The Kier molecular flexibility index (Phi) is 2.92. The molecule has 0 N–H and O–H groups in total. The lowest BCUT2D eigenvalue weighted by molar-refractivity contribution is -0.146. The summed E-state index contributed by atoms with van der Waals surface area (Å²) in [6, 6.07) is 0. The van der Waals surface area contributed by atoms with Crippen LogP contribution < -0.4 is 0 Å². The molecule has 0 aromatic rings. The van der Waals surface area contributed by atoms with Gasteiger partial charge in [0.05, 0.1) is 32.0 Å². The molecule has 0 bridgehead atoms. The van der Waals surface area contributed by atoms with Gasteiger partial charge in [-0.3, -0.25) is 4.90 Å². The van der Waals surface area contributed by atoms with Crippen molar-refractivity contribution in [2.75, 3.05) is 32.8 Å². The Bertz CT molecular complexity index is 253. The third kappa shape index (κ3) is 2.12. The number of ether oxygens (including phenoxy) is 3. The maximum Gasteiger partial charge on any atom is 0.182 e. The number of nitrogens with zero attached hydrogens (tertiary/aromatic N) is 1. The van der Waals surface area contributed by atoms with Crippen molar-refractivity contribution in [2.45, 2.75) is 44.2 Å². The van der Waals surface area contributed by atoms with Crippen molar-refractivity contribution in [3.8, 4) is 0 Å². The van der Waals surface area contributed by atoms with Gasteiger partial charge in [-0.2, -0.15) is 0 Å². The first-order valence-electron chi connectivity index (χ1n) is 6.41. The van der Waals surface area contributed by atoms with Gasteiger partial charge < -0.3 is 14.2 Å². The van der Waals surface area contributed by atoms with Crippen LogP contribution in [0.15, 0.2) is 0 Å². The lowest BCUT2D eigenvalue weighted by Crippen LogP contribution is -2.37. The van der Waals surface area contributed by atoms with Gasteiger partial charge in [-0.05, 0) is 19.8 Å². The molecule has 3 heterocycles. The largest absolute Gasteiger partial charge is 0.374 e. The monoisotopic (exact) mass is 227 g/mol. The number of hydrogen-bond acceptors (Lipinski definition) is 4. The minimum absolute atomic E-state index is 0.274. The highest BCUT2D eigenvalue weighted by atomic mass is 16.7. The van der Waals surface area contributed by atoms with Crippen LogP contribution in [-0.2, 0) is 14.2 Å². The Morgan fingerprint density at radius 1 is 1.25 bits per heavy atom. The fourth-order valence-electron chi connectivity index (χ4n) is 3.02. The molecule has 1 spiro atoms. The molecule has 0 radical (unpaired) electrons. The molecule has 0 aromatic carbocycles. The van der Waals surface area contributed by atoms with E-state index < -0.39 is 0 Å². The molecule has 4 heteroatoms. The van der Waals surface area contributed by atoms with E-state index in [1.54, 1.807) is 0 Å². The number of likely N-dealkylation sites (tertiary alicyclic amines) is 1. The van der Waals surface area contributed by atoms with Crippen LogP contribution in [0.1, 0.15) is 26.2 Å². The van der Waals surface area contributed by atoms with Crippen molar-refractivity contribution in [3.63, 3.8) is 0 Å². The Morgan fingerprint density at radius 3 is 2.75 bits per heavy atom. The molecule has 3 aliphatic rings. The van der Waals surface area contributed by atoms with Gasteiger partial charge in [0.25, 0.3) is 0 Å². The van der Waals surface area contributed by atoms with E-state index in [-0.39, 0.29) is 5.79 Å². The third-order valence-corrected chi connectivity index (χ3v) is 3.87. The Labute approximate surface area is 96.8 Å². The molecule has 92 valence electrons. The molecule has 16 heavy (non-hydrogen) atoms. The van der Waals surface area contributed by atoms with Crippen LogP contribution >= 0.6 is 0 Å². The third-order valence-electron chi connectivity index (χ3n) is 3.87. The van der Waals surface area contributed by atoms with Crippen LogP contribution in [0.4, 0.5) is 0 Å². The summed E-state index contributed by atoms with van der Waals surface area (Å²) in [5.41, 5.74) is 0. The molecule has 3 fully saturated rings. The predicted octanol–water partition coefficient (Wildman–Crippen LogP) is 1.00.